The largest absolute Gasteiger partial charge is 0.497 e. The monoisotopic (exact) mass is 414 g/mol. The van der Waals surface area contributed by atoms with E-state index in [1.165, 1.54) is 0 Å². The number of methoxy groups -OCH3 is 1. The van der Waals surface area contributed by atoms with Crippen molar-refractivity contribution >= 4 is 11.8 Å². The van der Waals surface area contributed by atoms with Crippen LogP contribution in [0, 0.1) is 5.92 Å². The molecule has 1 aliphatic heterocycles. The van der Waals surface area contributed by atoms with E-state index in [0.717, 1.165) is 22.4 Å². The number of nitrogens with zero attached hydrogens (tertiary/aromatic N) is 1. The lowest BCUT2D eigenvalue weighted by Crippen LogP contribution is -2.36. The molecule has 5 nitrogen and oxygen atoms in total. The molecule has 2 amide bonds. The molecular formula is C26H26N2O3. The van der Waals surface area contributed by atoms with Crippen LogP contribution in [0.3, 0.4) is 0 Å². The molecule has 1 N–H and O–H groups in total. The Labute approximate surface area is 182 Å². The fourth-order valence-electron chi connectivity index (χ4n) is 3.97. The van der Waals surface area contributed by atoms with Crippen LogP contribution >= 0.6 is 0 Å². The van der Waals surface area contributed by atoms with Crippen LogP contribution in [0.5, 0.6) is 5.75 Å². The minimum absolute atomic E-state index is 0.0183. The van der Waals surface area contributed by atoms with E-state index in [4.69, 9.17) is 4.74 Å². The van der Waals surface area contributed by atoms with Gasteiger partial charge in [-0.05, 0) is 28.8 Å². The number of amides is 2. The highest BCUT2D eigenvalue weighted by atomic mass is 16.5. The molecule has 3 aromatic carbocycles. The molecule has 31 heavy (non-hydrogen) atoms. The third-order valence-corrected chi connectivity index (χ3v) is 5.67. The fourth-order valence-corrected chi connectivity index (χ4v) is 3.97. The van der Waals surface area contributed by atoms with E-state index in [0.29, 0.717) is 13.1 Å². The lowest BCUT2D eigenvalue weighted by Gasteiger charge is -2.22. The van der Waals surface area contributed by atoms with Crippen LogP contribution in [-0.4, -0.2) is 30.4 Å². The lowest BCUT2D eigenvalue weighted by molar-refractivity contribution is -0.129. The first-order chi connectivity index (χ1) is 15.1. The van der Waals surface area contributed by atoms with Crippen LogP contribution in [0.25, 0.3) is 0 Å². The van der Waals surface area contributed by atoms with Crippen molar-refractivity contribution in [3.63, 3.8) is 0 Å². The van der Waals surface area contributed by atoms with E-state index < -0.39 is 0 Å². The third kappa shape index (κ3) is 4.94. The molecule has 0 spiro atoms. The average Bonchev–Trinajstić information content (AvgIpc) is 3.19. The summed E-state index contributed by atoms with van der Waals surface area (Å²) in [4.78, 5) is 27.4. The molecule has 0 radical (unpaired) electrons. The molecular weight excluding hydrogens is 388 g/mol. The van der Waals surface area contributed by atoms with Crippen LogP contribution in [0.2, 0.25) is 0 Å². The minimum Gasteiger partial charge on any atom is -0.497 e. The molecule has 3 aromatic rings. The summed E-state index contributed by atoms with van der Waals surface area (Å²) in [5, 5.41) is 3.18. The summed E-state index contributed by atoms with van der Waals surface area (Å²) < 4.78 is 5.26. The van der Waals surface area contributed by atoms with Gasteiger partial charge < -0.3 is 15.0 Å². The van der Waals surface area contributed by atoms with E-state index in [1.54, 1.807) is 12.0 Å². The van der Waals surface area contributed by atoms with Crippen molar-refractivity contribution in [3.8, 4) is 5.75 Å². The van der Waals surface area contributed by atoms with Gasteiger partial charge in [0.05, 0.1) is 19.1 Å². The Bertz CT molecular complexity index is 1020. The predicted molar refractivity (Wildman–Crippen MR) is 119 cm³/mol. The van der Waals surface area contributed by atoms with E-state index in [-0.39, 0.29) is 30.2 Å². The number of benzene rings is 3. The Kier molecular flexibility index (Phi) is 6.32. The van der Waals surface area contributed by atoms with E-state index in [1.807, 2.05) is 84.9 Å². The molecule has 1 saturated heterocycles. The number of hydrogen-bond donors (Lipinski definition) is 1. The van der Waals surface area contributed by atoms with Gasteiger partial charge in [-0.2, -0.15) is 0 Å². The second-order valence-electron chi connectivity index (χ2n) is 7.79. The van der Waals surface area contributed by atoms with Crippen LogP contribution in [0.1, 0.15) is 29.2 Å². The van der Waals surface area contributed by atoms with Gasteiger partial charge in [0.2, 0.25) is 11.8 Å². The van der Waals surface area contributed by atoms with Gasteiger partial charge in [-0.1, -0.05) is 72.8 Å². The second-order valence-corrected chi connectivity index (χ2v) is 7.79. The molecule has 1 fully saturated rings. The van der Waals surface area contributed by atoms with E-state index >= 15 is 0 Å². The summed E-state index contributed by atoms with van der Waals surface area (Å²) in [5.41, 5.74) is 3.02. The second kappa shape index (κ2) is 9.47. The number of likely N-dealkylation sites (tertiary alicyclic amines) is 1. The van der Waals surface area contributed by atoms with Crippen molar-refractivity contribution in [1.82, 2.24) is 10.2 Å². The standard InChI is InChI=1S/C26H26N2O3/c1-31-23-14-12-21(13-15-23)25(20-10-6-3-7-11-20)27-26(30)22-16-24(29)28(18-22)17-19-8-4-2-5-9-19/h2-15,22,25H,16-18H2,1H3,(H,27,30). The summed E-state index contributed by atoms with van der Waals surface area (Å²) in [6.45, 7) is 0.966. The summed E-state index contributed by atoms with van der Waals surface area (Å²) in [6, 6.07) is 27.1. The Balaban J connectivity index is 1.49. The smallest absolute Gasteiger partial charge is 0.226 e. The van der Waals surface area contributed by atoms with Crippen LogP contribution in [0.4, 0.5) is 0 Å². The number of nitrogens with one attached hydrogen (secondary N) is 1. The lowest BCUT2D eigenvalue weighted by atomic mass is 9.97. The van der Waals surface area contributed by atoms with E-state index in [9.17, 15) is 9.59 Å². The van der Waals surface area contributed by atoms with Gasteiger partial charge in [0.25, 0.3) is 0 Å². The first kappa shape index (κ1) is 20.7. The summed E-state index contributed by atoms with van der Waals surface area (Å²) in [7, 11) is 1.63. The molecule has 0 aromatic heterocycles. The molecule has 0 bridgehead atoms. The van der Waals surface area contributed by atoms with Gasteiger partial charge in [0.15, 0.2) is 0 Å². The van der Waals surface area contributed by atoms with Crippen molar-refractivity contribution in [2.24, 2.45) is 5.92 Å². The number of ether oxygens (including phenoxy) is 1. The summed E-state index contributed by atoms with van der Waals surface area (Å²) >= 11 is 0. The highest BCUT2D eigenvalue weighted by molar-refractivity contribution is 5.89. The molecule has 5 heteroatoms. The van der Waals surface area contributed by atoms with Gasteiger partial charge in [-0.25, -0.2) is 0 Å². The highest BCUT2D eigenvalue weighted by Gasteiger charge is 2.35. The maximum absolute atomic E-state index is 13.2. The Morgan fingerprint density at radius 2 is 1.58 bits per heavy atom. The van der Waals surface area contributed by atoms with Gasteiger partial charge in [-0.15, -0.1) is 0 Å². The SMILES string of the molecule is COc1ccc(C(NC(=O)C2CC(=O)N(Cc3ccccc3)C2)c2ccccc2)cc1. The molecule has 158 valence electrons. The third-order valence-electron chi connectivity index (χ3n) is 5.67. The average molecular weight is 415 g/mol. The first-order valence-corrected chi connectivity index (χ1v) is 10.4. The molecule has 4 rings (SSSR count). The zero-order chi connectivity index (χ0) is 21.6. The zero-order valence-corrected chi connectivity index (χ0v) is 17.5. The maximum Gasteiger partial charge on any atom is 0.226 e. The van der Waals surface area contributed by atoms with Crippen molar-refractivity contribution in [3.05, 3.63) is 102 Å². The minimum atomic E-state index is -0.360. The number of hydrogen-bond acceptors (Lipinski definition) is 3. The Hall–Kier alpha value is -3.60. The summed E-state index contributed by atoms with van der Waals surface area (Å²) in [5.74, 6) is 0.318. The molecule has 1 heterocycles. The predicted octanol–water partition coefficient (Wildman–Crippen LogP) is 3.95. The highest BCUT2D eigenvalue weighted by Crippen LogP contribution is 2.26. The molecule has 1 aliphatic rings. The fraction of sp³-hybridized carbons (Fsp3) is 0.231. The zero-order valence-electron chi connectivity index (χ0n) is 17.5. The van der Waals surface area contributed by atoms with Crippen molar-refractivity contribution in [2.45, 2.75) is 19.0 Å². The van der Waals surface area contributed by atoms with Crippen LogP contribution in [-0.2, 0) is 16.1 Å². The van der Waals surface area contributed by atoms with Crippen molar-refractivity contribution in [2.75, 3.05) is 13.7 Å². The van der Waals surface area contributed by atoms with Gasteiger partial charge in [-0.3, -0.25) is 9.59 Å². The number of carbonyl (C=O) groups excluding carboxylic acids is 2. The molecule has 2 atom stereocenters. The summed E-state index contributed by atoms with van der Waals surface area (Å²) in [6.07, 6.45) is 0.239. The normalized spacial score (nSPS) is 16.7. The number of carbonyl (C=O) groups is 2. The molecule has 0 saturated carbocycles. The van der Waals surface area contributed by atoms with Crippen LogP contribution in [0.15, 0.2) is 84.9 Å². The van der Waals surface area contributed by atoms with Crippen molar-refractivity contribution in [1.29, 1.82) is 0 Å². The van der Waals surface area contributed by atoms with Crippen LogP contribution < -0.4 is 10.1 Å². The topological polar surface area (TPSA) is 58.6 Å². The van der Waals surface area contributed by atoms with E-state index in [2.05, 4.69) is 5.32 Å². The van der Waals surface area contributed by atoms with Crippen molar-refractivity contribution < 1.29 is 14.3 Å². The Morgan fingerprint density at radius 1 is 0.968 bits per heavy atom. The number of rotatable bonds is 7. The first-order valence-electron chi connectivity index (χ1n) is 10.4. The van der Waals surface area contributed by atoms with Gasteiger partial charge in [0, 0.05) is 19.5 Å². The maximum atomic E-state index is 13.2. The quantitative estimate of drug-likeness (QED) is 0.637. The Morgan fingerprint density at radius 3 is 2.23 bits per heavy atom. The van der Waals surface area contributed by atoms with Gasteiger partial charge >= 0.3 is 0 Å². The molecule has 2 unspecified atom stereocenters. The van der Waals surface area contributed by atoms with Gasteiger partial charge in [0.1, 0.15) is 5.75 Å². The molecule has 0 aliphatic carbocycles.